The predicted octanol–water partition coefficient (Wildman–Crippen LogP) is 4.55. The number of benzene rings is 2. The van der Waals surface area contributed by atoms with E-state index in [1.807, 2.05) is 12.1 Å². The van der Waals surface area contributed by atoms with Crippen molar-refractivity contribution < 1.29 is 13.9 Å². The van der Waals surface area contributed by atoms with Crippen LogP contribution < -0.4 is 15.4 Å². The zero-order valence-electron chi connectivity index (χ0n) is 13.5. The summed E-state index contributed by atoms with van der Waals surface area (Å²) in [7, 11) is 0. The van der Waals surface area contributed by atoms with E-state index in [0.29, 0.717) is 43.3 Å². The fourth-order valence-electron chi connectivity index (χ4n) is 2.12. The van der Waals surface area contributed by atoms with Crippen LogP contribution in [0.2, 0.25) is 5.02 Å². The van der Waals surface area contributed by atoms with Gasteiger partial charge in [0.15, 0.2) is 0 Å². The van der Waals surface area contributed by atoms with Gasteiger partial charge in [-0.25, -0.2) is 9.18 Å². The first-order valence-electron chi connectivity index (χ1n) is 7.88. The van der Waals surface area contributed by atoms with Gasteiger partial charge in [0, 0.05) is 17.6 Å². The van der Waals surface area contributed by atoms with Crippen LogP contribution in [0.1, 0.15) is 12.0 Å². The lowest BCUT2D eigenvalue weighted by molar-refractivity contribution is 0.239. The Morgan fingerprint density at radius 2 is 1.96 bits per heavy atom. The second kappa shape index (κ2) is 10.3. The number of carbonyl (C=O) groups excluding carboxylic acids is 1. The molecule has 0 aliphatic rings. The zero-order valence-corrected chi connectivity index (χ0v) is 15.9. The Bertz CT molecular complexity index is 715. The topological polar surface area (TPSA) is 50.4 Å². The highest BCUT2D eigenvalue weighted by Crippen LogP contribution is 2.27. The van der Waals surface area contributed by atoms with Crippen LogP contribution >= 0.6 is 27.5 Å². The minimum Gasteiger partial charge on any atom is -0.492 e. The third kappa shape index (κ3) is 7.32. The van der Waals surface area contributed by atoms with Crippen molar-refractivity contribution in [1.82, 2.24) is 10.6 Å². The summed E-state index contributed by atoms with van der Waals surface area (Å²) in [5.74, 6) is 0.345. The van der Waals surface area contributed by atoms with Gasteiger partial charge in [-0.1, -0.05) is 39.7 Å². The molecule has 25 heavy (non-hydrogen) atoms. The van der Waals surface area contributed by atoms with Crippen LogP contribution in [0, 0.1) is 5.82 Å². The van der Waals surface area contributed by atoms with Gasteiger partial charge >= 0.3 is 6.03 Å². The van der Waals surface area contributed by atoms with Crippen LogP contribution in [0.4, 0.5) is 9.18 Å². The monoisotopic (exact) mass is 428 g/mol. The number of carbonyl (C=O) groups is 1. The molecule has 0 bridgehead atoms. The van der Waals surface area contributed by atoms with Gasteiger partial charge in [0.05, 0.1) is 11.6 Å². The Balaban J connectivity index is 1.56. The molecule has 0 aromatic heterocycles. The molecular weight excluding hydrogens is 411 g/mol. The summed E-state index contributed by atoms with van der Waals surface area (Å²) >= 11 is 9.38. The minimum atomic E-state index is -0.271. The van der Waals surface area contributed by atoms with Crippen molar-refractivity contribution in [3.8, 4) is 5.75 Å². The number of rotatable bonds is 8. The minimum absolute atomic E-state index is 0.252. The first-order chi connectivity index (χ1) is 12.0. The highest BCUT2D eigenvalue weighted by Gasteiger charge is 2.03. The van der Waals surface area contributed by atoms with Crippen molar-refractivity contribution in [3.05, 3.63) is 63.3 Å². The summed E-state index contributed by atoms with van der Waals surface area (Å²) in [5.41, 5.74) is 0.847. The molecule has 134 valence electrons. The number of urea groups is 1. The van der Waals surface area contributed by atoms with Gasteiger partial charge < -0.3 is 15.4 Å². The molecule has 0 spiro atoms. The summed E-state index contributed by atoms with van der Waals surface area (Å²) in [6.07, 6.45) is 1.24. The molecule has 0 saturated carbocycles. The zero-order chi connectivity index (χ0) is 18.1. The SMILES string of the molecule is O=C(NCCCOc1ccc(Br)cc1Cl)NCCc1cccc(F)c1. The van der Waals surface area contributed by atoms with Crippen LogP contribution in [-0.2, 0) is 6.42 Å². The first-order valence-corrected chi connectivity index (χ1v) is 9.05. The third-order valence-electron chi connectivity index (χ3n) is 3.35. The Hall–Kier alpha value is -1.79. The molecular formula is C18H19BrClFN2O2. The molecule has 0 atom stereocenters. The van der Waals surface area contributed by atoms with E-state index in [1.54, 1.807) is 18.2 Å². The highest BCUT2D eigenvalue weighted by atomic mass is 79.9. The van der Waals surface area contributed by atoms with Gasteiger partial charge in [0.1, 0.15) is 11.6 Å². The molecule has 0 aliphatic carbocycles. The Morgan fingerprint density at radius 3 is 2.72 bits per heavy atom. The molecule has 0 fully saturated rings. The summed E-state index contributed by atoms with van der Waals surface area (Å²) in [6.45, 7) is 1.38. The predicted molar refractivity (Wildman–Crippen MR) is 101 cm³/mol. The Labute approximate surface area is 159 Å². The van der Waals surface area contributed by atoms with E-state index in [0.717, 1.165) is 10.0 Å². The lowest BCUT2D eigenvalue weighted by Gasteiger charge is -2.10. The number of hydrogen-bond acceptors (Lipinski definition) is 2. The third-order valence-corrected chi connectivity index (χ3v) is 4.14. The number of nitrogens with one attached hydrogen (secondary N) is 2. The lowest BCUT2D eigenvalue weighted by Crippen LogP contribution is -2.37. The van der Waals surface area contributed by atoms with Crippen molar-refractivity contribution in [3.63, 3.8) is 0 Å². The van der Waals surface area contributed by atoms with Gasteiger partial charge in [-0.05, 0) is 48.7 Å². The van der Waals surface area contributed by atoms with E-state index in [-0.39, 0.29) is 11.8 Å². The van der Waals surface area contributed by atoms with Crippen LogP contribution in [0.25, 0.3) is 0 Å². The standard InChI is InChI=1S/C18H19BrClFN2O2/c19-14-5-6-17(16(20)12-14)25-10-2-8-22-18(24)23-9-7-13-3-1-4-15(21)11-13/h1,3-6,11-12H,2,7-10H2,(H2,22,23,24). The summed E-state index contributed by atoms with van der Waals surface area (Å²) in [4.78, 5) is 11.7. The molecule has 2 N–H and O–H groups in total. The smallest absolute Gasteiger partial charge is 0.314 e. The Morgan fingerprint density at radius 1 is 1.16 bits per heavy atom. The van der Waals surface area contributed by atoms with E-state index in [1.165, 1.54) is 12.1 Å². The van der Waals surface area contributed by atoms with Crippen molar-refractivity contribution in [2.24, 2.45) is 0 Å². The molecule has 7 heteroatoms. The molecule has 2 aromatic carbocycles. The maximum atomic E-state index is 13.0. The van der Waals surface area contributed by atoms with Crippen LogP contribution in [0.3, 0.4) is 0 Å². The fourth-order valence-corrected chi connectivity index (χ4v) is 2.85. The lowest BCUT2D eigenvalue weighted by atomic mass is 10.1. The van der Waals surface area contributed by atoms with E-state index in [9.17, 15) is 9.18 Å². The van der Waals surface area contributed by atoms with Crippen molar-refractivity contribution in [2.45, 2.75) is 12.8 Å². The van der Waals surface area contributed by atoms with E-state index in [4.69, 9.17) is 16.3 Å². The molecule has 2 rings (SSSR count). The number of halogens is 3. The number of hydrogen-bond donors (Lipinski definition) is 2. The number of amides is 2. The summed E-state index contributed by atoms with van der Waals surface area (Å²) in [6, 6.07) is 11.5. The van der Waals surface area contributed by atoms with Gasteiger partial charge in [0.25, 0.3) is 0 Å². The van der Waals surface area contributed by atoms with Gasteiger partial charge in [0.2, 0.25) is 0 Å². The summed E-state index contributed by atoms with van der Waals surface area (Å²) in [5, 5.41) is 6.02. The largest absolute Gasteiger partial charge is 0.492 e. The maximum Gasteiger partial charge on any atom is 0.314 e. The van der Waals surface area contributed by atoms with Crippen LogP contribution in [-0.4, -0.2) is 25.7 Å². The van der Waals surface area contributed by atoms with Crippen LogP contribution in [0.5, 0.6) is 5.75 Å². The van der Waals surface area contributed by atoms with Crippen molar-refractivity contribution in [1.29, 1.82) is 0 Å². The van der Waals surface area contributed by atoms with Crippen molar-refractivity contribution >= 4 is 33.6 Å². The average molecular weight is 430 g/mol. The number of ether oxygens (including phenoxy) is 1. The molecule has 0 unspecified atom stereocenters. The summed E-state index contributed by atoms with van der Waals surface area (Å²) < 4.78 is 19.5. The van der Waals surface area contributed by atoms with Crippen molar-refractivity contribution in [2.75, 3.05) is 19.7 Å². The fraction of sp³-hybridized carbons (Fsp3) is 0.278. The van der Waals surface area contributed by atoms with Gasteiger partial charge in [-0.15, -0.1) is 0 Å². The van der Waals surface area contributed by atoms with Gasteiger partial charge in [-0.3, -0.25) is 0 Å². The van der Waals surface area contributed by atoms with Gasteiger partial charge in [-0.2, -0.15) is 0 Å². The average Bonchev–Trinajstić information content (AvgIpc) is 2.56. The second-order valence-corrected chi connectivity index (χ2v) is 6.66. The first kappa shape index (κ1) is 19.5. The second-order valence-electron chi connectivity index (χ2n) is 5.34. The molecule has 0 saturated heterocycles. The van der Waals surface area contributed by atoms with E-state index < -0.39 is 0 Å². The quantitative estimate of drug-likeness (QED) is 0.605. The van der Waals surface area contributed by atoms with E-state index >= 15 is 0 Å². The van der Waals surface area contributed by atoms with Crippen LogP contribution in [0.15, 0.2) is 46.9 Å². The molecule has 4 nitrogen and oxygen atoms in total. The maximum absolute atomic E-state index is 13.0. The molecule has 0 aliphatic heterocycles. The molecule has 2 amide bonds. The highest BCUT2D eigenvalue weighted by molar-refractivity contribution is 9.10. The molecule has 0 radical (unpaired) electrons. The normalized spacial score (nSPS) is 10.4. The molecule has 0 heterocycles. The van der Waals surface area contributed by atoms with E-state index in [2.05, 4.69) is 26.6 Å². The Kier molecular flexibility index (Phi) is 8.01. The molecule has 2 aromatic rings.